The van der Waals surface area contributed by atoms with E-state index in [4.69, 9.17) is 9.26 Å². The van der Waals surface area contributed by atoms with Crippen LogP contribution in [0.15, 0.2) is 47.3 Å². The molecule has 8 heteroatoms. The van der Waals surface area contributed by atoms with E-state index >= 15 is 0 Å². The maximum absolute atomic E-state index is 11.8. The average Bonchev–Trinajstić information content (AvgIpc) is 3.09. The third-order valence-electron chi connectivity index (χ3n) is 3.22. The van der Waals surface area contributed by atoms with E-state index in [0.717, 1.165) is 5.56 Å². The number of carbonyl (C=O) groups excluding carboxylic acids is 1. The molecule has 0 aliphatic rings. The van der Waals surface area contributed by atoms with Gasteiger partial charge in [0.05, 0.1) is 11.3 Å². The highest BCUT2D eigenvalue weighted by molar-refractivity contribution is 5.92. The highest BCUT2D eigenvalue weighted by Gasteiger charge is 2.13. The van der Waals surface area contributed by atoms with Crippen LogP contribution in [0.3, 0.4) is 0 Å². The van der Waals surface area contributed by atoms with Gasteiger partial charge in [0.2, 0.25) is 5.88 Å². The number of hydrogen-bond donors (Lipinski definition) is 1. The molecule has 128 valence electrons. The van der Waals surface area contributed by atoms with Gasteiger partial charge < -0.3 is 14.6 Å². The summed E-state index contributed by atoms with van der Waals surface area (Å²) in [6.07, 6.45) is 3.18. The Morgan fingerprint density at radius 1 is 1.24 bits per heavy atom. The molecular weight excluding hydrogens is 322 g/mol. The fourth-order valence-electron chi connectivity index (χ4n) is 2.08. The van der Waals surface area contributed by atoms with Crippen molar-refractivity contribution in [2.24, 2.45) is 0 Å². The number of amides is 1. The van der Waals surface area contributed by atoms with E-state index in [1.165, 1.54) is 6.26 Å². The summed E-state index contributed by atoms with van der Waals surface area (Å²) in [6, 6.07) is 8.72. The summed E-state index contributed by atoms with van der Waals surface area (Å²) in [7, 11) is 0. The minimum Gasteiger partial charge on any atom is -0.472 e. The minimum atomic E-state index is -0.273. The fourth-order valence-corrected chi connectivity index (χ4v) is 2.08. The zero-order valence-electron chi connectivity index (χ0n) is 13.8. The van der Waals surface area contributed by atoms with Crippen LogP contribution in [0.5, 0.6) is 5.88 Å². The number of ether oxygens (including phenoxy) is 1. The third-order valence-corrected chi connectivity index (χ3v) is 3.22. The molecule has 3 rings (SSSR count). The second kappa shape index (κ2) is 7.52. The smallest absolute Gasteiger partial charge is 0.272 e. The van der Waals surface area contributed by atoms with Gasteiger partial charge in [0.15, 0.2) is 5.69 Å². The van der Waals surface area contributed by atoms with Gasteiger partial charge in [0, 0.05) is 18.3 Å². The van der Waals surface area contributed by atoms with Gasteiger partial charge in [-0.15, -0.1) is 10.2 Å². The molecule has 0 unspecified atom stereocenters. The normalized spacial score (nSPS) is 10.7. The SMILES string of the molecule is CC(C)NC(=O)c1ccc(OCc2conc2-c2ccccn2)nn1. The molecule has 0 saturated carbocycles. The number of aromatic nitrogens is 4. The first-order chi connectivity index (χ1) is 12.1. The van der Waals surface area contributed by atoms with Crippen molar-refractivity contribution in [3.05, 3.63) is 54.0 Å². The molecule has 0 aliphatic heterocycles. The molecule has 0 aromatic carbocycles. The molecule has 0 saturated heterocycles. The Bertz CT molecular complexity index is 831. The van der Waals surface area contributed by atoms with Crippen LogP contribution in [0.1, 0.15) is 29.9 Å². The van der Waals surface area contributed by atoms with Crippen LogP contribution >= 0.6 is 0 Å². The van der Waals surface area contributed by atoms with E-state index in [0.29, 0.717) is 17.3 Å². The number of carbonyl (C=O) groups is 1. The van der Waals surface area contributed by atoms with Crippen molar-refractivity contribution < 1.29 is 14.1 Å². The lowest BCUT2D eigenvalue weighted by Crippen LogP contribution is -2.30. The molecule has 0 radical (unpaired) electrons. The van der Waals surface area contributed by atoms with Gasteiger partial charge in [0.1, 0.15) is 18.6 Å². The molecule has 3 aromatic heterocycles. The number of nitrogens with one attached hydrogen (secondary N) is 1. The quantitative estimate of drug-likeness (QED) is 0.734. The van der Waals surface area contributed by atoms with Crippen LogP contribution < -0.4 is 10.1 Å². The van der Waals surface area contributed by atoms with E-state index in [2.05, 4.69) is 25.7 Å². The van der Waals surface area contributed by atoms with Crippen LogP contribution in [0.25, 0.3) is 11.4 Å². The van der Waals surface area contributed by atoms with Crippen molar-refractivity contribution in [3.63, 3.8) is 0 Å². The summed E-state index contributed by atoms with van der Waals surface area (Å²) in [5, 5.41) is 14.5. The molecule has 3 aromatic rings. The lowest BCUT2D eigenvalue weighted by Gasteiger charge is -2.08. The highest BCUT2D eigenvalue weighted by Crippen LogP contribution is 2.21. The molecule has 0 spiro atoms. The number of rotatable bonds is 6. The Kier molecular flexibility index (Phi) is 4.98. The van der Waals surface area contributed by atoms with Gasteiger partial charge in [0.25, 0.3) is 5.91 Å². The molecule has 0 bridgehead atoms. The lowest BCUT2D eigenvalue weighted by molar-refractivity contribution is 0.0936. The highest BCUT2D eigenvalue weighted by atomic mass is 16.5. The summed E-state index contributed by atoms with van der Waals surface area (Å²) in [5.41, 5.74) is 2.28. The molecular formula is C17H17N5O3. The van der Waals surface area contributed by atoms with E-state index in [1.807, 2.05) is 32.0 Å². The Labute approximate surface area is 144 Å². The van der Waals surface area contributed by atoms with Crippen molar-refractivity contribution in [1.29, 1.82) is 0 Å². The topological polar surface area (TPSA) is 103 Å². The third kappa shape index (κ3) is 4.17. The molecule has 25 heavy (non-hydrogen) atoms. The Morgan fingerprint density at radius 3 is 2.80 bits per heavy atom. The first-order valence-corrected chi connectivity index (χ1v) is 7.75. The molecule has 8 nitrogen and oxygen atoms in total. The van der Waals surface area contributed by atoms with Crippen molar-refractivity contribution in [2.75, 3.05) is 0 Å². The number of nitrogens with zero attached hydrogens (tertiary/aromatic N) is 4. The largest absolute Gasteiger partial charge is 0.472 e. The van der Waals surface area contributed by atoms with Crippen molar-refractivity contribution in [1.82, 2.24) is 25.7 Å². The van der Waals surface area contributed by atoms with E-state index in [9.17, 15) is 4.79 Å². The van der Waals surface area contributed by atoms with Gasteiger partial charge in [-0.3, -0.25) is 9.78 Å². The van der Waals surface area contributed by atoms with Crippen molar-refractivity contribution >= 4 is 5.91 Å². The Balaban J connectivity index is 1.65. The summed E-state index contributed by atoms with van der Waals surface area (Å²) < 4.78 is 10.6. The van der Waals surface area contributed by atoms with E-state index in [-0.39, 0.29) is 24.2 Å². The summed E-state index contributed by atoms with van der Waals surface area (Å²) >= 11 is 0. The second-order valence-electron chi connectivity index (χ2n) is 5.58. The maximum atomic E-state index is 11.8. The fraction of sp³-hybridized carbons (Fsp3) is 0.235. The van der Waals surface area contributed by atoms with Gasteiger partial charge >= 0.3 is 0 Å². The van der Waals surface area contributed by atoms with Crippen LogP contribution in [0, 0.1) is 0 Å². The first kappa shape index (κ1) is 16.6. The first-order valence-electron chi connectivity index (χ1n) is 7.75. The number of hydrogen-bond acceptors (Lipinski definition) is 7. The zero-order valence-corrected chi connectivity index (χ0v) is 13.8. The van der Waals surface area contributed by atoms with E-state index in [1.54, 1.807) is 18.3 Å². The maximum Gasteiger partial charge on any atom is 0.272 e. The van der Waals surface area contributed by atoms with Crippen molar-refractivity contribution in [3.8, 4) is 17.3 Å². The zero-order chi connectivity index (χ0) is 17.6. The van der Waals surface area contributed by atoms with E-state index < -0.39 is 0 Å². The van der Waals surface area contributed by atoms with Crippen molar-refractivity contribution in [2.45, 2.75) is 26.5 Å². The molecule has 0 atom stereocenters. The van der Waals surface area contributed by atoms with Crippen LogP contribution in [-0.4, -0.2) is 32.3 Å². The average molecular weight is 339 g/mol. The van der Waals surface area contributed by atoms with Crippen LogP contribution in [0.2, 0.25) is 0 Å². The van der Waals surface area contributed by atoms with Gasteiger partial charge in [-0.05, 0) is 32.0 Å². The summed E-state index contributed by atoms with van der Waals surface area (Å²) in [4.78, 5) is 16.1. The molecule has 1 amide bonds. The molecule has 1 N–H and O–H groups in total. The molecule has 0 aliphatic carbocycles. The van der Waals surface area contributed by atoms with Gasteiger partial charge in [-0.25, -0.2) is 0 Å². The minimum absolute atomic E-state index is 0.0313. The second-order valence-corrected chi connectivity index (χ2v) is 5.58. The summed E-state index contributed by atoms with van der Waals surface area (Å²) in [5.74, 6) is 0.0276. The van der Waals surface area contributed by atoms with Crippen LogP contribution in [-0.2, 0) is 6.61 Å². The standard InChI is InChI=1S/C17H17N5O3/c1-11(2)19-17(23)14-6-7-15(21-20-14)24-9-12-10-25-22-16(12)13-5-3-4-8-18-13/h3-8,10-11H,9H2,1-2H3,(H,19,23). The van der Waals surface area contributed by atoms with Crippen LogP contribution in [0.4, 0.5) is 0 Å². The predicted octanol–water partition coefficient (Wildman–Crippen LogP) is 2.24. The predicted molar refractivity (Wildman–Crippen MR) is 88.7 cm³/mol. The van der Waals surface area contributed by atoms with Gasteiger partial charge in [-0.1, -0.05) is 11.2 Å². The Morgan fingerprint density at radius 2 is 2.12 bits per heavy atom. The molecule has 0 fully saturated rings. The molecule has 3 heterocycles. The summed E-state index contributed by atoms with van der Waals surface area (Å²) in [6.45, 7) is 3.95. The van der Waals surface area contributed by atoms with Gasteiger partial charge in [-0.2, -0.15) is 0 Å². The lowest BCUT2D eigenvalue weighted by atomic mass is 10.2. The monoisotopic (exact) mass is 339 g/mol. The Hall–Kier alpha value is -3.29. The number of pyridine rings is 1.